The molecule has 1 rings (SSSR count). The van der Waals surface area contributed by atoms with E-state index in [4.69, 9.17) is 0 Å². The Morgan fingerprint density at radius 1 is 1.43 bits per heavy atom. The molecule has 0 aliphatic heterocycles. The van der Waals surface area contributed by atoms with Crippen LogP contribution in [0.2, 0.25) is 0 Å². The van der Waals surface area contributed by atoms with Gasteiger partial charge in [-0.1, -0.05) is 6.92 Å². The Hall–Kier alpha value is -1.33. The third-order valence-electron chi connectivity index (χ3n) is 1.95. The zero-order valence-corrected chi connectivity index (χ0v) is 7.70. The first kappa shape index (κ1) is 10.7. The fraction of sp³-hybridized carbons (Fsp3) is 0.500. The fourth-order valence-corrected chi connectivity index (χ4v) is 1.26. The molecule has 0 spiro atoms. The minimum atomic E-state index is -4.62. The Morgan fingerprint density at radius 3 is 2.43 bits per heavy atom. The molecule has 14 heavy (non-hydrogen) atoms. The molecule has 0 radical (unpaired) electrons. The maximum Gasteiger partial charge on any atom is 0.422 e. The molecule has 0 fully saturated rings. The lowest BCUT2D eigenvalue weighted by Crippen LogP contribution is -2.25. The molecule has 1 heterocycles. The van der Waals surface area contributed by atoms with Crippen LogP contribution >= 0.6 is 0 Å². The number of aryl methyl sites for hydroxylation is 1. The number of halogens is 3. The summed E-state index contributed by atoms with van der Waals surface area (Å²) in [5, 5.41) is 5.37. The topological polar surface area (TPSA) is 45.8 Å². The first-order valence-electron chi connectivity index (χ1n) is 4.03. The van der Waals surface area contributed by atoms with Gasteiger partial charge in [0.15, 0.2) is 0 Å². The molecule has 6 heteroatoms. The largest absolute Gasteiger partial charge is 0.422 e. The van der Waals surface area contributed by atoms with Crippen LogP contribution in [-0.2, 0) is 12.6 Å². The minimum absolute atomic E-state index is 0.0937. The summed E-state index contributed by atoms with van der Waals surface area (Å²) in [5.74, 6) is 0. The summed E-state index contributed by atoms with van der Waals surface area (Å²) in [6.07, 6.45) is -4.27. The number of nitrogens with zero attached hydrogens (tertiary/aromatic N) is 1. The zero-order chi connectivity index (χ0) is 10.9. The average Bonchev–Trinajstić information content (AvgIpc) is 2.02. The van der Waals surface area contributed by atoms with Crippen LogP contribution in [0.4, 0.5) is 13.2 Å². The second-order valence-corrected chi connectivity index (χ2v) is 2.85. The summed E-state index contributed by atoms with van der Waals surface area (Å²) in [5.41, 5.74) is -2.17. The fourth-order valence-electron chi connectivity index (χ4n) is 1.26. The molecule has 0 unspecified atom stereocenters. The molecule has 1 N–H and O–H groups in total. The van der Waals surface area contributed by atoms with Gasteiger partial charge in [0.05, 0.1) is 5.69 Å². The van der Waals surface area contributed by atoms with Crippen LogP contribution in [0.5, 0.6) is 0 Å². The maximum absolute atomic E-state index is 12.4. The van der Waals surface area contributed by atoms with E-state index < -0.39 is 17.3 Å². The molecule has 1 aromatic rings. The second-order valence-electron chi connectivity index (χ2n) is 2.85. The quantitative estimate of drug-likeness (QED) is 0.759. The number of aromatic nitrogens is 2. The molecule has 0 aliphatic carbocycles. The SMILES string of the molecule is CCc1n[nH]c(=O)c(C(F)(F)F)c1C. The highest BCUT2D eigenvalue weighted by Crippen LogP contribution is 2.29. The average molecular weight is 206 g/mol. The molecule has 0 saturated carbocycles. The van der Waals surface area contributed by atoms with E-state index in [0.717, 1.165) is 0 Å². The van der Waals surface area contributed by atoms with Crippen molar-refractivity contribution in [2.75, 3.05) is 0 Å². The number of hydrogen-bond acceptors (Lipinski definition) is 2. The normalized spacial score (nSPS) is 11.8. The molecule has 0 aromatic carbocycles. The third-order valence-corrected chi connectivity index (χ3v) is 1.95. The molecule has 0 atom stereocenters. The van der Waals surface area contributed by atoms with E-state index in [9.17, 15) is 18.0 Å². The van der Waals surface area contributed by atoms with Crippen molar-refractivity contribution in [3.8, 4) is 0 Å². The molecular weight excluding hydrogens is 197 g/mol. The summed E-state index contributed by atoms with van der Waals surface area (Å²) in [6, 6.07) is 0. The summed E-state index contributed by atoms with van der Waals surface area (Å²) in [7, 11) is 0. The number of hydrogen-bond donors (Lipinski definition) is 1. The summed E-state index contributed by atoms with van der Waals surface area (Å²) < 4.78 is 37.1. The van der Waals surface area contributed by atoms with Crippen molar-refractivity contribution in [2.45, 2.75) is 26.4 Å². The van der Waals surface area contributed by atoms with Gasteiger partial charge in [0, 0.05) is 0 Å². The summed E-state index contributed by atoms with van der Waals surface area (Å²) >= 11 is 0. The van der Waals surface area contributed by atoms with Crippen molar-refractivity contribution >= 4 is 0 Å². The van der Waals surface area contributed by atoms with Gasteiger partial charge in [-0.3, -0.25) is 4.79 Å². The number of aromatic amines is 1. The van der Waals surface area contributed by atoms with Gasteiger partial charge in [0.25, 0.3) is 5.56 Å². The van der Waals surface area contributed by atoms with Crippen LogP contribution in [0.15, 0.2) is 4.79 Å². The van der Waals surface area contributed by atoms with Crippen molar-refractivity contribution in [1.82, 2.24) is 10.2 Å². The first-order chi connectivity index (χ1) is 6.38. The zero-order valence-electron chi connectivity index (χ0n) is 7.70. The van der Waals surface area contributed by atoms with Crippen LogP contribution in [0, 0.1) is 6.92 Å². The number of alkyl halides is 3. The van der Waals surface area contributed by atoms with Crippen molar-refractivity contribution in [1.29, 1.82) is 0 Å². The molecule has 3 nitrogen and oxygen atoms in total. The van der Waals surface area contributed by atoms with Crippen molar-refractivity contribution < 1.29 is 13.2 Å². The highest BCUT2D eigenvalue weighted by molar-refractivity contribution is 5.28. The second kappa shape index (κ2) is 3.43. The smallest absolute Gasteiger partial charge is 0.267 e. The molecule has 0 saturated heterocycles. The van der Waals surface area contributed by atoms with Crippen LogP contribution in [0.3, 0.4) is 0 Å². The molecular formula is C8H9F3N2O. The Kier molecular flexibility index (Phi) is 2.64. The highest BCUT2D eigenvalue weighted by atomic mass is 19.4. The Bertz CT molecular complexity index is 395. The van der Waals surface area contributed by atoms with Gasteiger partial charge in [-0.15, -0.1) is 0 Å². The van der Waals surface area contributed by atoms with Gasteiger partial charge < -0.3 is 0 Å². The molecule has 0 aliphatic rings. The van der Waals surface area contributed by atoms with Crippen LogP contribution in [0.25, 0.3) is 0 Å². The van der Waals surface area contributed by atoms with Crippen LogP contribution in [-0.4, -0.2) is 10.2 Å². The molecule has 1 aromatic heterocycles. The predicted octanol–water partition coefficient (Wildman–Crippen LogP) is 1.66. The van der Waals surface area contributed by atoms with Gasteiger partial charge in [-0.2, -0.15) is 18.3 Å². The van der Waals surface area contributed by atoms with Gasteiger partial charge >= 0.3 is 6.18 Å². The number of rotatable bonds is 1. The summed E-state index contributed by atoms with van der Waals surface area (Å²) in [6.45, 7) is 2.93. The molecule has 78 valence electrons. The van der Waals surface area contributed by atoms with Crippen LogP contribution in [0.1, 0.15) is 23.7 Å². The lowest BCUT2D eigenvalue weighted by atomic mass is 10.1. The number of nitrogens with one attached hydrogen (secondary N) is 1. The highest BCUT2D eigenvalue weighted by Gasteiger charge is 2.36. The minimum Gasteiger partial charge on any atom is -0.267 e. The first-order valence-corrected chi connectivity index (χ1v) is 4.03. The van der Waals surface area contributed by atoms with Crippen molar-refractivity contribution in [3.05, 3.63) is 27.2 Å². The van der Waals surface area contributed by atoms with Crippen LogP contribution < -0.4 is 5.56 Å². The summed E-state index contributed by atoms with van der Waals surface area (Å²) in [4.78, 5) is 10.9. The van der Waals surface area contributed by atoms with E-state index in [1.54, 1.807) is 6.92 Å². The van der Waals surface area contributed by atoms with E-state index in [2.05, 4.69) is 5.10 Å². The van der Waals surface area contributed by atoms with Gasteiger partial charge in [0.2, 0.25) is 0 Å². The van der Waals surface area contributed by atoms with Crippen molar-refractivity contribution in [2.24, 2.45) is 0 Å². The standard InChI is InChI=1S/C8H9F3N2O/c1-3-5-4(2)6(8(9,10)11)7(14)13-12-5/h3H2,1-2H3,(H,13,14). The monoisotopic (exact) mass is 206 g/mol. The third kappa shape index (κ3) is 1.78. The van der Waals surface area contributed by atoms with E-state index in [1.165, 1.54) is 6.92 Å². The Balaban J connectivity index is 3.49. The Labute approximate surface area is 78.0 Å². The van der Waals surface area contributed by atoms with E-state index >= 15 is 0 Å². The van der Waals surface area contributed by atoms with E-state index in [0.29, 0.717) is 6.42 Å². The van der Waals surface area contributed by atoms with E-state index in [1.807, 2.05) is 5.10 Å². The molecule has 0 bridgehead atoms. The number of H-pyrrole nitrogens is 1. The van der Waals surface area contributed by atoms with E-state index in [-0.39, 0.29) is 11.3 Å². The lowest BCUT2D eigenvalue weighted by Gasteiger charge is -2.10. The van der Waals surface area contributed by atoms with Gasteiger partial charge in [-0.05, 0) is 18.9 Å². The predicted molar refractivity (Wildman–Crippen MR) is 44.0 cm³/mol. The van der Waals surface area contributed by atoms with Crippen molar-refractivity contribution in [3.63, 3.8) is 0 Å². The maximum atomic E-state index is 12.4. The van der Waals surface area contributed by atoms with Gasteiger partial charge in [0.1, 0.15) is 5.56 Å². The Morgan fingerprint density at radius 2 is 2.00 bits per heavy atom. The molecule has 0 amide bonds. The lowest BCUT2D eigenvalue weighted by molar-refractivity contribution is -0.139. The van der Waals surface area contributed by atoms with Gasteiger partial charge in [-0.25, -0.2) is 5.10 Å².